The maximum atomic E-state index is 14.5. The van der Waals surface area contributed by atoms with Gasteiger partial charge in [-0.2, -0.15) is 0 Å². The highest BCUT2D eigenvalue weighted by Gasteiger charge is 2.44. The second kappa shape index (κ2) is 11.6. The van der Waals surface area contributed by atoms with E-state index in [1.54, 1.807) is 7.11 Å². The molecule has 3 unspecified atom stereocenters. The highest BCUT2D eigenvalue weighted by atomic mass is 35.5. The molecule has 204 valence electrons. The topological polar surface area (TPSA) is 57.2 Å². The van der Waals surface area contributed by atoms with Gasteiger partial charge in [-0.05, 0) is 72.0 Å². The first kappa shape index (κ1) is 27.5. The lowest BCUT2D eigenvalue weighted by atomic mass is 9.93. The maximum Gasteiger partial charge on any atom is 0.326 e. The number of urea groups is 1. The van der Waals surface area contributed by atoms with E-state index in [4.69, 9.17) is 32.9 Å². The van der Waals surface area contributed by atoms with Gasteiger partial charge in [-0.25, -0.2) is 4.79 Å². The number of amides is 2. The maximum absolute atomic E-state index is 14.5. The minimum atomic E-state index is -0.363. The van der Waals surface area contributed by atoms with E-state index in [1.165, 1.54) is 0 Å². The summed E-state index contributed by atoms with van der Waals surface area (Å²) in [5.74, 6) is 1.63. The minimum absolute atomic E-state index is 0.0518. The zero-order valence-corrected chi connectivity index (χ0v) is 24.2. The van der Waals surface area contributed by atoms with Gasteiger partial charge in [0.1, 0.15) is 17.6 Å². The number of nitrogens with zero attached hydrogens (tertiary/aromatic N) is 3. The van der Waals surface area contributed by atoms with E-state index in [9.17, 15) is 4.79 Å². The molecular formula is C31H34Cl2N4O2. The fourth-order valence-corrected chi connectivity index (χ4v) is 5.71. The van der Waals surface area contributed by atoms with Gasteiger partial charge in [-0.3, -0.25) is 9.89 Å². The van der Waals surface area contributed by atoms with Gasteiger partial charge in [0.05, 0.1) is 13.2 Å². The zero-order chi connectivity index (χ0) is 27.7. The van der Waals surface area contributed by atoms with Crippen molar-refractivity contribution in [2.45, 2.75) is 44.8 Å². The Bertz CT molecular complexity index is 1360. The van der Waals surface area contributed by atoms with Crippen molar-refractivity contribution in [3.05, 3.63) is 99.0 Å². The molecule has 2 aliphatic rings. The Kier molecular flexibility index (Phi) is 8.17. The fraction of sp³-hybridized carbons (Fsp3) is 0.355. The zero-order valence-electron chi connectivity index (χ0n) is 22.7. The van der Waals surface area contributed by atoms with E-state index in [2.05, 4.69) is 26.1 Å². The Morgan fingerprint density at radius 3 is 2.23 bits per heavy atom. The van der Waals surface area contributed by atoms with E-state index in [0.29, 0.717) is 29.0 Å². The molecule has 8 heteroatoms. The van der Waals surface area contributed by atoms with Crippen LogP contribution in [0.1, 0.15) is 61.0 Å². The van der Waals surface area contributed by atoms with Crippen molar-refractivity contribution in [1.82, 2.24) is 15.1 Å². The molecule has 1 N–H and O–H groups in total. The van der Waals surface area contributed by atoms with Gasteiger partial charge in [-0.15, -0.1) is 0 Å². The molecule has 0 aromatic heterocycles. The van der Waals surface area contributed by atoms with Gasteiger partial charge in [-0.1, -0.05) is 61.3 Å². The molecule has 1 saturated heterocycles. The summed E-state index contributed by atoms with van der Waals surface area (Å²) >= 11 is 12.5. The van der Waals surface area contributed by atoms with Gasteiger partial charge >= 0.3 is 6.03 Å². The number of methoxy groups -OCH3 is 1. The predicted octanol–water partition coefficient (Wildman–Crippen LogP) is 7.08. The SMILES string of the molecule is COc1ccc(C2=NC(c3ccc(Cl)cc3)C(c3ccc(Cl)cc3)N2C(=O)N2CCNC(C)C2)c(C(C)C)c1. The molecule has 0 aliphatic carbocycles. The van der Waals surface area contributed by atoms with Crippen molar-refractivity contribution in [3.8, 4) is 5.75 Å². The number of nitrogens with one attached hydrogen (secondary N) is 1. The van der Waals surface area contributed by atoms with Crippen LogP contribution < -0.4 is 10.1 Å². The summed E-state index contributed by atoms with van der Waals surface area (Å²) < 4.78 is 5.55. The highest BCUT2D eigenvalue weighted by molar-refractivity contribution is 6.30. The van der Waals surface area contributed by atoms with Crippen LogP contribution in [-0.4, -0.2) is 54.5 Å². The number of carbonyl (C=O) groups is 1. The average molecular weight is 566 g/mol. The minimum Gasteiger partial charge on any atom is -0.497 e. The molecule has 0 spiro atoms. The molecule has 0 bridgehead atoms. The molecule has 0 saturated carbocycles. The number of carbonyl (C=O) groups excluding carboxylic acids is 1. The van der Waals surface area contributed by atoms with E-state index >= 15 is 0 Å². The molecule has 39 heavy (non-hydrogen) atoms. The Balaban J connectivity index is 1.71. The van der Waals surface area contributed by atoms with Gasteiger partial charge in [0.2, 0.25) is 0 Å². The van der Waals surface area contributed by atoms with E-state index in [0.717, 1.165) is 34.5 Å². The monoisotopic (exact) mass is 564 g/mol. The molecule has 2 amide bonds. The van der Waals surface area contributed by atoms with Gasteiger partial charge in [0, 0.05) is 41.3 Å². The second-order valence-electron chi connectivity index (χ2n) is 10.5. The summed E-state index contributed by atoms with van der Waals surface area (Å²) in [6.45, 7) is 8.40. The van der Waals surface area contributed by atoms with Crippen LogP contribution in [0.4, 0.5) is 4.79 Å². The third-order valence-corrected chi connectivity index (χ3v) is 7.96. The Hall–Kier alpha value is -3.06. The molecule has 5 rings (SSSR count). The standard InChI is InChI=1S/C31H34Cl2N4O2/c1-19(2)27-17-25(39-4)13-14-26(27)30-35-28(21-5-9-23(32)10-6-21)29(22-7-11-24(33)12-8-22)37(30)31(38)36-16-15-34-20(3)18-36/h5-14,17,19-20,28-29,34H,15-16,18H2,1-4H3. The third-order valence-electron chi connectivity index (χ3n) is 7.46. The summed E-state index contributed by atoms with van der Waals surface area (Å²) in [6.07, 6.45) is 0. The van der Waals surface area contributed by atoms with Crippen molar-refractivity contribution in [1.29, 1.82) is 0 Å². The Morgan fingerprint density at radius 2 is 1.64 bits per heavy atom. The number of aliphatic imine (C=N–C) groups is 1. The van der Waals surface area contributed by atoms with E-state index in [1.807, 2.05) is 76.5 Å². The summed E-state index contributed by atoms with van der Waals surface area (Å²) in [6, 6.07) is 20.9. The van der Waals surface area contributed by atoms with Crippen LogP contribution >= 0.6 is 23.2 Å². The lowest BCUT2D eigenvalue weighted by Gasteiger charge is -2.38. The van der Waals surface area contributed by atoms with Crippen molar-refractivity contribution in [2.24, 2.45) is 4.99 Å². The van der Waals surface area contributed by atoms with E-state index < -0.39 is 0 Å². The number of ether oxygens (including phenoxy) is 1. The van der Waals surface area contributed by atoms with Crippen LogP contribution in [0.15, 0.2) is 71.7 Å². The van der Waals surface area contributed by atoms with Crippen molar-refractivity contribution >= 4 is 35.1 Å². The smallest absolute Gasteiger partial charge is 0.326 e. The molecule has 1 fully saturated rings. The average Bonchev–Trinajstić information content (AvgIpc) is 3.33. The van der Waals surface area contributed by atoms with Gasteiger partial charge in [0.15, 0.2) is 0 Å². The van der Waals surface area contributed by atoms with Crippen molar-refractivity contribution < 1.29 is 9.53 Å². The molecule has 3 aromatic rings. The lowest BCUT2D eigenvalue weighted by molar-refractivity contribution is 0.148. The molecule has 6 nitrogen and oxygen atoms in total. The molecule has 3 aromatic carbocycles. The number of amidine groups is 1. The summed E-state index contributed by atoms with van der Waals surface area (Å²) in [4.78, 5) is 23.6. The number of rotatable bonds is 5. The lowest BCUT2D eigenvalue weighted by Crippen LogP contribution is -2.56. The largest absolute Gasteiger partial charge is 0.497 e. The number of benzene rings is 3. The van der Waals surface area contributed by atoms with Crippen LogP contribution in [0.2, 0.25) is 10.0 Å². The summed E-state index contributed by atoms with van der Waals surface area (Å²) in [7, 11) is 1.67. The van der Waals surface area contributed by atoms with Crippen LogP contribution in [0.25, 0.3) is 0 Å². The van der Waals surface area contributed by atoms with Gasteiger partial charge in [0.25, 0.3) is 0 Å². The molecule has 0 radical (unpaired) electrons. The number of hydrogen-bond acceptors (Lipinski definition) is 4. The summed E-state index contributed by atoms with van der Waals surface area (Å²) in [5.41, 5.74) is 3.96. The first-order chi connectivity index (χ1) is 18.8. The molecular weight excluding hydrogens is 531 g/mol. The first-order valence-corrected chi connectivity index (χ1v) is 14.1. The van der Waals surface area contributed by atoms with Crippen molar-refractivity contribution in [3.63, 3.8) is 0 Å². The molecule has 3 atom stereocenters. The number of hydrogen-bond donors (Lipinski definition) is 1. The Labute approximate surface area is 240 Å². The van der Waals surface area contributed by atoms with Crippen LogP contribution in [0.5, 0.6) is 5.75 Å². The number of halogens is 2. The highest BCUT2D eigenvalue weighted by Crippen LogP contribution is 2.45. The molecule has 2 heterocycles. The predicted molar refractivity (Wildman–Crippen MR) is 158 cm³/mol. The fourth-order valence-electron chi connectivity index (χ4n) is 5.46. The third kappa shape index (κ3) is 5.65. The van der Waals surface area contributed by atoms with Crippen LogP contribution in [-0.2, 0) is 0 Å². The summed E-state index contributed by atoms with van der Waals surface area (Å²) in [5, 5.41) is 4.74. The first-order valence-electron chi connectivity index (χ1n) is 13.4. The van der Waals surface area contributed by atoms with Crippen LogP contribution in [0, 0.1) is 0 Å². The van der Waals surface area contributed by atoms with Crippen molar-refractivity contribution in [2.75, 3.05) is 26.7 Å². The van der Waals surface area contributed by atoms with Crippen LogP contribution in [0.3, 0.4) is 0 Å². The number of piperazine rings is 1. The second-order valence-corrected chi connectivity index (χ2v) is 11.4. The van der Waals surface area contributed by atoms with Gasteiger partial charge < -0.3 is 15.0 Å². The normalized spacial score (nSPS) is 21.3. The molecule has 2 aliphatic heterocycles. The quantitative estimate of drug-likeness (QED) is 0.360. The Morgan fingerprint density at radius 1 is 1.00 bits per heavy atom. The van der Waals surface area contributed by atoms with E-state index in [-0.39, 0.29) is 30.1 Å².